The standard InChI is InChI=1S/C31H38F2/c1-3-5-7-9-11-28-22-23-29(31(33)30(28)32)27-20-18-26(19-21-27)17-16-25-14-12-24(13-15-25)10-8-6-4-2/h12-15,18-23H,3-11,16-17H2,1-2H3. The Morgan fingerprint density at radius 1 is 0.485 bits per heavy atom. The van der Waals surface area contributed by atoms with Crippen molar-refractivity contribution in [3.05, 3.63) is 94.6 Å². The lowest BCUT2D eigenvalue weighted by molar-refractivity contribution is 0.498. The summed E-state index contributed by atoms with van der Waals surface area (Å²) in [6.07, 6.45) is 11.7. The third-order valence-electron chi connectivity index (χ3n) is 6.52. The molecule has 0 nitrogen and oxygen atoms in total. The van der Waals surface area contributed by atoms with Gasteiger partial charge in [0.1, 0.15) is 0 Å². The van der Waals surface area contributed by atoms with Crippen LogP contribution in [0.25, 0.3) is 11.1 Å². The molecule has 0 radical (unpaired) electrons. The summed E-state index contributed by atoms with van der Waals surface area (Å²) >= 11 is 0. The predicted octanol–water partition coefficient (Wildman–Crippen LogP) is 9.27. The maximum Gasteiger partial charge on any atom is 0.166 e. The normalized spacial score (nSPS) is 11.2. The first-order valence-corrected chi connectivity index (χ1v) is 12.8. The highest BCUT2D eigenvalue weighted by Gasteiger charge is 2.14. The largest absolute Gasteiger partial charge is 0.203 e. The summed E-state index contributed by atoms with van der Waals surface area (Å²) in [6.45, 7) is 4.38. The lowest BCUT2D eigenvalue weighted by Gasteiger charge is -2.10. The summed E-state index contributed by atoms with van der Waals surface area (Å²) < 4.78 is 29.3. The fourth-order valence-corrected chi connectivity index (χ4v) is 4.34. The molecular formula is C31H38F2. The molecule has 33 heavy (non-hydrogen) atoms. The molecule has 0 fully saturated rings. The van der Waals surface area contributed by atoms with E-state index in [0.29, 0.717) is 17.5 Å². The first-order chi connectivity index (χ1) is 16.1. The van der Waals surface area contributed by atoms with E-state index in [1.54, 1.807) is 12.1 Å². The van der Waals surface area contributed by atoms with Crippen molar-refractivity contribution in [2.24, 2.45) is 0 Å². The first-order valence-electron chi connectivity index (χ1n) is 12.8. The SMILES string of the molecule is CCCCCCc1ccc(-c2ccc(CCc3ccc(CCCCC)cc3)cc2)c(F)c1F. The Hall–Kier alpha value is -2.48. The van der Waals surface area contributed by atoms with E-state index in [4.69, 9.17) is 0 Å². The van der Waals surface area contributed by atoms with Gasteiger partial charge in [-0.15, -0.1) is 0 Å². The fraction of sp³-hybridized carbons (Fsp3) is 0.419. The molecule has 176 valence electrons. The quantitative estimate of drug-likeness (QED) is 0.229. The molecule has 0 aliphatic rings. The molecule has 0 N–H and O–H groups in total. The average molecular weight is 449 g/mol. The van der Waals surface area contributed by atoms with Gasteiger partial charge in [-0.1, -0.05) is 107 Å². The van der Waals surface area contributed by atoms with E-state index in [9.17, 15) is 8.78 Å². The van der Waals surface area contributed by atoms with Crippen molar-refractivity contribution in [1.29, 1.82) is 0 Å². The van der Waals surface area contributed by atoms with Crippen molar-refractivity contribution in [2.75, 3.05) is 0 Å². The van der Waals surface area contributed by atoms with Gasteiger partial charge in [-0.05, 0) is 66.3 Å². The maximum atomic E-state index is 14.7. The highest BCUT2D eigenvalue weighted by atomic mass is 19.2. The fourth-order valence-electron chi connectivity index (χ4n) is 4.34. The summed E-state index contributed by atoms with van der Waals surface area (Å²) in [5.74, 6) is -1.42. The zero-order chi connectivity index (χ0) is 23.5. The minimum atomic E-state index is -0.727. The predicted molar refractivity (Wildman–Crippen MR) is 137 cm³/mol. The van der Waals surface area contributed by atoms with E-state index in [0.717, 1.165) is 50.5 Å². The van der Waals surface area contributed by atoms with Gasteiger partial charge in [-0.3, -0.25) is 0 Å². The van der Waals surface area contributed by atoms with Crippen LogP contribution in [-0.2, 0) is 25.7 Å². The molecule has 0 spiro atoms. The van der Waals surface area contributed by atoms with E-state index in [1.807, 2.05) is 24.3 Å². The highest BCUT2D eigenvalue weighted by molar-refractivity contribution is 5.65. The number of hydrogen-bond acceptors (Lipinski definition) is 0. The molecule has 0 aliphatic heterocycles. The third kappa shape index (κ3) is 7.52. The van der Waals surface area contributed by atoms with Crippen LogP contribution in [0.4, 0.5) is 8.78 Å². The summed E-state index contributed by atoms with van der Waals surface area (Å²) in [6, 6.07) is 20.3. The van der Waals surface area contributed by atoms with Crippen LogP contribution in [0, 0.1) is 11.6 Å². The topological polar surface area (TPSA) is 0 Å². The van der Waals surface area contributed by atoms with Crippen molar-refractivity contribution in [3.8, 4) is 11.1 Å². The van der Waals surface area contributed by atoms with E-state index in [2.05, 4.69) is 38.1 Å². The van der Waals surface area contributed by atoms with Crippen LogP contribution in [0.15, 0.2) is 60.7 Å². The Balaban J connectivity index is 1.57. The van der Waals surface area contributed by atoms with Gasteiger partial charge in [-0.2, -0.15) is 0 Å². The van der Waals surface area contributed by atoms with Crippen LogP contribution >= 0.6 is 0 Å². The molecule has 2 heteroatoms. The molecule has 0 amide bonds. The molecular weight excluding hydrogens is 410 g/mol. The zero-order valence-corrected chi connectivity index (χ0v) is 20.3. The Kier molecular flexibility index (Phi) is 10.1. The van der Waals surface area contributed by atoms with Crippen LogP contribution in [0.2, 0.25) is 0 Å². The molecule has 0 aromatic heterocycles. The first kappa shape index (κ1) is 25.1. The number of aryl methyl sites for hydroxylation is 4. The van der Waals surface area contributed by atoms with Gasteiger partial charge in [0, 0.05) is 5.56 Å². The molecule has 3 aromatic carbocycles. The highest BCUT2D eigenvalue weighted by Crippen LogP contribution is 2.28. The Labute approximate surface area is 199 Å². The second-order valence-corrected chi connectivity index (χ2v) is 9.18. The minimum Gasteiger partial charge on any atom is -0.203 e. The Morgan fingerprint density at radius 2 is 1.00 bits per heavy atom. The number of benzene rings is 3. The third-order valence-corrected chi connectivity index (χ3v) is 6.52. The molecule has 0 bridgehead atoms. The van der Waals surface area contributed by atoms with Gasteiger partial charge < -0.3 is 0 Å². The Bertz CT molecular complexity index is 971. The molecule has 0 heterocycles. The van der Waals surface area contributed by atoms with Crippen LogP contribution in [0.5, 0.6) is 0 Å². The molecule has 0 atom stereocenters. The van der Waals surface area contributed by atoms with E-state index in [1.165, 1.54) is 36.0 Å². The summed E-state index contributed by atoms with van der Waals surface area (Å²) in [4.78, 5) is 0. The smallest absolute Gasteiger partial charge is 0.166 e. The van der Waals surface area contributed by atoms with Crippen molar-refractivity contribution in [3.63, 3.8) is 0 Å². The minimum absolute atomic E-state index is 0.343. The van der Waals surface area contributed by atoms with Crippen LogP contribution in [0.3, 0.4) is 0 Å². The van der Waals surface area contributed by atoms with E-state index < -0.39 is 11.6 Å². The van der Waals surface area contributed by atoms with E-state index in [-0.39, 0.29) is 0 Å². The molecule has 3 aromatic rings. The van der Waals surface area contributed by atoms with Gasteiger partial charge in [0.15, 0.2) is 11.6 Å². The maximum absolute atomic E-state index is 14.7. The number of rotatable bonds is 13. The molecule has 0 saturated heterocycles. The van der Waals surface area contributed by atoms with Crippen LogP contribution in [0.1, 0.15) is 81.0 Å². The number of unbranched alkanes of at least 4 members (excludes halogenated alkanes) is 5. The second-order valence-electron chi connectivity index (χ2n) is 9.18. The van der Waals surface area contributed by atoms with Gasteiger partial charge in [0.25, 0.3) is 0 Å². The summed E-state index contributed by atoms with van der Waals surface area (Å²) in [5.41, 5.74) is 5.51. The lowest BCUT2D eigenvalue weighted by atomic mass is 9.97. The van der Waals surface area contributed by atoms with Gasteiger partial charge >= 0.3 is 0 Å². The monoisotopic (exact) mass is 448 g/mol. The van der Waals surface area contributed by atoms with Gasteiger partial charge in [0.05, 0.1) is 0 Å². The zero-order valence-electron chi connectivity index (χ0n) is 20.3. The molecule has 0 unspecified atom stereocenters. The number of halogens is 2. The molecule has 3 rings (SSSR count). The van der Waals surface area contributed by atoms with Crippen molar-refractivity contribution in [2.45, 2.75) is 84.5 Å². The van der Waals surface area contributed by atoms with Crippen molar-refractivity contribution in [1.82, 2.24) is 0 Å². The number of hydrogen-bond donors (Lipinski definition) is 0. The van der Waals surface area contributed by atoms with Crippen LogP contribution < -0.4 is 0 Å². The average Bonchev–Trinajstić information content (AvgIpc) is 2.84. The summed E-state index contributed by atoms with van der Waals surface area (Å²) in [5, 5.41) is 0. The van der Waals surface area contributed by atoms with Crippen molar-refractivity contribution < 1.29 is 8.78 Å². The molecule has 0 aliphatic carbocycles. The Morgan fingerprint density at radius 3 is 1.61 bits per heavy atom. The van der Waals surface area contributed by atoms with Crippen molar-refractivity contribution >= 4 is 0 Å². The van der Waals surface area contributed by atoms with E-state index >= 15 is 0 Å². The van der Waals surface area contributed by atoms with Gasteiger partial charge in [0.2, 0.25) is 0 Å². The lowest BCUT2D eigenvalue weighted by Crippen LogP contribution is -1.98. The van der Waals surface area contributed by atoms with Gasteiger partial charge in [-0.25, -0.2) is 8.78 Å². The van der Waals surface area contributed by atoms with Crippen LogP contribution in [-0.4, -0.2) is 0 Å². The summed E-state index contributed by atoms with van der Waals surface area (Å²) in [7, 11) is 0. The second kappa shape index (κ2) is 13.3. The molecule has 0 saturated carbocycles.